The minimum atomic E-state index is -0.791. The Kier molecular flexibility index (Phi) is 7.35. The summed E-state index contributed by atoms with van der Waals surface area (Å²) in [6.07, 6.45) is 16.0. The number of carboxylic acid groups (broad SMARTS) is 1. The van der Waals surface area contributed by atoms with Crippen LogP contribution in [0.1, 0.15) is 122 Å². The maximum atomic E-state index is 12.1. The van der Waals surface area contributed by atoms with E-state index < -0.39 is 5.97 Å². The fraction of sp³-hybridized carbons (Fsp3) is 0.649. The molecule has 0 bridgehead atoms. The van der Waals surface area contributed by atoms with Gasteiger partial charge < -0.3 is 5.11 Å². The van der Waals surface area contributed by atoms with Crippen LogP contribution in [-0.4, -0.2) is 11.1 Å². The lowest BCUT2D eigenvalue weighted by atomic mass is 9.44. The zero-order valence-corrected chi connectivity index (χ0v) is 25.8. The second kappa shape index (κ2) is 10.1. The first-order valence-corrected chi connectivity index (χ1v) is 15.8. The van der Waals surface area contributed by atoms with Gasteiger partial charge in [0.05, 0.1) is 5.56 Å². The summed E-state index contributed by atoms with van der Waals surface area (Å²) in [5, 5.41) is 9.94. The van der Waals surface area contributed by atoms with Gasteiger partial charge in [-0.3, -0.25) is 0 Å². The second-order valence-corrected chi connectivity index (χ2v) is 15.0. The number of carboxylic acids is 1. The summed E-state index contributed by atoms with van der Waals surface area (Å²) in [6, 6.07) is 7.78. The number of carbonyl (C=O) groups is 1. The molecule has 1 N–H and O–H groups in total. The van der Waals surface area contributed by atoms with Crippen LogP contribution in [0.5, 0.6) is 0 Å². The molecule has 4 aliphatic rings. The molecule has 1 saturated carbocycles. The lowest BCUT2D eigenvalue weighted by Gasteiger charge is -2.60. The topological polar surface area (TPSA) is 37.3 Å². The second-order valence-electron chi connectivity index (χ2n) is 15.0. The monoisotopic (exact) mass is 528 g/mol. The molecule has 0 heterocycles. The van der Waals surface area contributed by atoms with E-state index in [1.54, 1.807) is 22.8 Å². The molecule has 0 amide bonds. The number of hydrogen-bond donors (Lipinski definition) is 1. The van der Waals surface area contributed by atoms with Crippen molar-refractivity contribution < 1.29 is 9.90 Å². The first kappa shape index (κ1) is 28.4. The number of fused-ring (bicyclic) bond motifs is 4. The fourth-order valence-corrected chi connectivity index (χ4v) is 9.79. The SMILES string of the molecule is CC(C)[C@@H](C)/C=C/[C@@H](C)[C@H]1CC=C2C3=C(CC[C@@]21C)[C@@]1(C)CC[C@H](c2ccccc2C(=O)O)C(C)(C)[C@@H]1CC3. The Labute approximate surface area is 238 Å². The average Bonchev–Trinajstić information content (AvgIpc) is 3.24. The fourth-order valence-electron chi connectivity index (χ4n) is 9.79. The van der Waals surface area contributed by atoms with Crippen LogP contribution >= 0.6 is 0 Å². The highest BCUT2D eigenvalue weighted by molar-refractivity contribution is 5.89. The molecule has 0 saturated heterocycles. The third-order valence-corrected chi connectivity index (χ3v) is 12.5. The van der Waals surface area contributed by atoms with Gasteiger partial charge in [0, 0.05) is 0 Å². The Morgan fingerprint density at radius 2 is 1.67 bits per heavy atom. The highest BCUT2D eigenvalue weighted by Gasteiger charge is 2.57. The predicted molar refractivity (Wildman–Crippen MR) is 163 cm³/mol. The molecule has 39 heavy (non-hydrogen) atoms. The highest BCUT2D eigenvalue weighted by atomic mass is 16.4. The van der Waals surface area contributed by atoms with Crippen LogP contribution in [-0.2, 0) is 0 Å². The number of allylic oxidation sites excluding steroid dienone is 6. The van der Waals surface area contributed by atoms with E-state index >= 15 is 0 Å². The van der Waals surface area contributed by atoms with Gasteiger partial charge in [-0.05, 0) is 119 Å². The average molecular weight is 529 g/mol. The summed E-state index contributed by atoms with van der Waals surface area (Å²) in [6.45, 7) is 19.5. The summed E-state index contributed by atoms with van der Waals surface area (Å²) in [7, 11) is 0. The van der Waals surface area contributed by atoms with E-state index in [0.717, 1.165) is 18.4 Å². The molecule has 1 aromatic carbocycles. The summed E-state index contributed by atoms with van der Waals surface area (Å²) < 4.78 is 0. The van der Waals surface area contributed by atoms with Gasteiger partial charge in [0.1, 0.15) is 0 Å². The van der Waals surface area contributed by atoms with Crippen LogP contribution in [0, 0.1) is 45.8 Å². The molecule has 1 aromatic rings. The van der Waals surface area contributed by atoms with Gasteiger partial charge in [-0.15, -0.1) is 0 Å². The van der Waals surface area contributed by atoms with Crippen molar-refractivity contribution in [2.24, 2.45) is 45.8 Å². The van der Waals surface area contributed by atoms with Crippen LogP contribution in [0.25, 0.3) is 0 Å². The molecule has 0 unspecified atom stereocenters. The normalized spacial score (nSPS) is 35.3. The van der Waals surface area contributed by atoms with Gasteiger partial charge >= 0.3 is 5.97 Å². The molecule has 4 aliphatic carbocycles. The van der Waals surface area contributed by atoms with Gasteiger partial charge in [0.2, 0.25) is 0 Å². The van der Waals surface area contributed by atoms with Gasteiger partial charge in [0.25, 0.3) is 0 Å². The van der Waals surface area contributed by atoms with E-state index in [1.807, 2.05) is 12.1 Å². The van der Waals surface area contributed by atoms with E-state index in [-0.39, 0.29) is 16.7 Å². The molecular weight excluding hydrogens is 476 g/mol. The molecule has 0 radical (unpaired) electrons. The van der Waals surface area contributed by atoms with Crippen LogP contribution in [0.3, 0.4) is 0 Å². The minimum Gasteiger partial charge on any atom is -0.478 e. The molecule has 2 heteroatoms. The van der Waals surface area contributed by atoms with Crippen LogP contribution in [0.2, 0.25) is 0 Å². The Morgan fingerprint density at radius 3 is 2.36 bits per heavy atom. The van der Waals surface area contributed by atoms with Crippen molar-refractivity contribution in [2.75, 3.05) is 0 Å². The number of hydrogen-bond acceptors (Lipinski definition) is 1. The summed E-state index contributed by atoms with van der Waals surface area (Å²) in [5.41, 5.74) is 7.28. The van der Waals surface area contributed by atoms with Gasteiger partial charge in [-0.1, -0.05) is 97.4 Å². The zero-order valence-electron chi connectivity index (χ0n) is 25.8. The minimum absolute atomic E-state index is 0.0524. The van der Waals surface area contributed by atoms with Crippen molar-refractivity contribution in [3.8, 4) is 0 Å². The third kappa shape index (κ3) is 4.49. The summed E-state index contributed by atoms with van der Waals surface area (Å²) in [5.74, 6) is 2.69. The molecule has 7 atom stereocenters. The highest BCUT2D eigenvalue weighted by Crippen LogP contribution is 2.68. The van der Waals surface area contributed by atoms with Crippen molar-refractivity contribution in [1.82, 2.24) is 0 Å². The first-order chi connectivity index (χ1) is 18.3. The van der Waals surface area contributed by atoms with Crippen molar-refractivity contribution >= 4 is 5.97 Å². The van der Waals surface area contributed by atoms with Crippen LogP contribution in [0.4, 0.5) is 0 Å². The van der Waals surface area contributed by atoms with Crippen molar-refractivity contribution in [1.29, 1.82) is 0 Å². The van der Waals surface area contributed by atoms with E-state index in [1.165, 1.54) is 32.1 Å². The molecule has 0 spiro atoms. The Hall–Kier alpha value is -2.09. The Bertz CT molecular complexity index is 1210. The van der Waals surface area contributed by atoms with E-state index in [0.29, 0.717) is 40.6 Å². The Balaban J connectivity index is 1.43. The van der Waals surface area contributed by atoms with Crippen LogP contribution in [0.15, 0.2) is 59.2 Å². The van der Waals surface area contributed by atoms with E-state index in [2.05, 4.69) is 79.7 Å². The zero-order chi connectivity index (χ0) is 28.3. The summed E-state index contributed by atoms with van der Waals surface area (Å²) in [4.78, 5) is 12.1. The first-order valence-electron chi connectivity index (χ1n) is 15.8. The molecule has 0 aromatic heterocycles. The van der Waals surface area contributed by atoms with Gasteiger partial charge in [0.15, 0.2) is 0 Å². The van der Waals surface area contributed by atoms with Crippen molar-refractivity contribution in [3.05, 3.63) is 70.3 Å². The quantitative estimate of drug-likeness (QED) is 0.373. The number of aromatic carboxylic acids is 1. The maximum Gasteiger partial charge on any atom is 0.335 e. The lowest BCUT2D eigenvalue weighted by molar-refractivity contribution is -0.0124. The molecule has 212 valence electrons. The van der Waals surface area contributed by atoms with Crippen LogP contribution < -0.4 is 0 Å². The van der Waals surface area contributed by atoms with E-state index in [4.69, 9.17) is 0 Å². The standard InChI is InChI=1S/C37H52O2/c1-23(2)24(3)13-14-25(4)29-16-17-31-28-15-18-33-35(5,6)30(26-11-9-10-12-27(26)34(38)39)19-22-37(33,8)32(28)20-21-36(29,31)7/h9-14,17,23-25,29-30,33H,15-16,18-22H2,1-8H3,(H,38,39)/b14-13+/t24-,25+,29+,30+,33-,36+,37+/m0/s1. The van der Waals surface area contributed by atoms with Crippen molar-refractivity contribution in [3.63, 3.8) is 0 Å². The molecule has 0 aliphatic heterocycles. The van der Waals surface area contributed by atoms with Crippen molar-refractivity contribution in [2.45, 2.75) is 106 Å². The number of benzene rings is 1. The van der Waals surface area contributed by atoms with Gasteiger partial charge in [-0.2, -0.15) is 0 Å². The Morgan fingerprint density at radius 1 is 0.949 bits per heavy atom. The lowest BCUT2D eigenvalue weighted by Crippen LogP contribution is -2.50. The number of rotatable bonds is 6. The van der Waals surface area contributed by atoms with E-state index in [9.17, 15) is 9.90 Å². The largest absolute Gasteiger partial charge is 0.478 e. The molecular formula is C37H52O2. The summed E-state index contributed by atoms with van der Waals surface area (Å²) >= 11 is 0. The molecule has 5 rings (SSSR count). The molecule has 2 nitrogen and oxygen atoms in total. The molecule has 1 fully saturated rings. The predicted octanol–water partition coefficient (Wildman–Crippen LogP) is 10.2. The smallest absolute Gasteiger partial charge is 0.335 e. The maximum absolute atomic E-state index is 12.1. The van der Waals surface area contributed by atoms with Gasteiger partial charge in [-0.25, -0.2) is 4.79 Å². The third-order valence-electron chi connectivity index (χ3n) is 12.5.